The van der Waals surface area contributed by atoms with Crippen LogP contribution in [0.2, 0.25) is 0 Å². The first kappa shape index (κ1) is 5.54. The van der Waals surface area contributed by atoms with Gasteiger partial charge in [0.25, 0.3) is 0 Å². The average molecular weight is 113 g/mol. The molecule has 1 saturated carbocycles. The van der Waals surface area contributed by atoms with E-state index in [-0.39, 0.29) is 0 Å². The largest absolute Gasteiger partial charge is 0.305 e. The van der Waals surface area contributed by atoms with Crippen molar-refractivity contribution in [1.29, 1.82) is 0 Å². The maximum Gasteiger partial charge on any atom is 0.0729 e. The van der Waals surface area contributed by atoms with E-state index in [1.165, 1.54) is 12.8 Å². The van der Waals surface area contributed by atoms with E-state index in [0.717, 1.165) is 5.92 Å². The van der Waals surface area contributed by atoms with Crippen molar-refractivity contribution < 1.29 is 0 Å². The Morgan fingerprint density at radius 1 is 1.62 bits per heavy atom. The Kier molecular flexibility index (Phi) is 1.46. The summed E-state index contributed by atoms with van der Waals surface area (Å²) in [7, 11) is 0. The van der Waals surface area contributed by atoms with Crippen LogP contribution in [0.1, 0.15) is 19.8 Å². The van der Waals surface area contributed by atoms with Crippen LogP contribution in [0.4, 0.5) is 0 Å². The minimum Gasteiger partial charge on any atom is -0.305 e. The molecule has 1 aliphatic carbocycles. The molecule has 1 atom stereocenters. The predicted octanol–water partition coefficient (Wildman–Crippen LogP) is 1.11. The highest BCUT2D eigenvalue weighted by Gasteiger charge is 2.27. The smallest absolute Gasteiger partial charge is 0.0729 e. The Morgan fingerprint density at radius 3 is 2.62 bits per heavy atom. The zero-order valence-electron chi connectivity index (χ0n) is 5.04. The first-order valence-electron chi connectivity index (χ1n) is 2.94. The van der Waals surface area contributed by atoms with Crippen LogP contribution in [0.3, 0.4) is 0 Å². The van der Waals surface area contributed by atoms with Crippen molar-refractivity contribution >= 4 is 0 Å². The maximum absolute atomic E-state index is 4.85. The van der Waals surface area contributed by atoms with Crippen LogP contribution in [-0.2, 0) is 0 Å². The molecule has 3 nitrogen and oxygen atoms in total. The predicted molar refractivity (Wildman–Crippen MR) is 31.2 cm³/mol. The van der Waals surface area contributed by atoms with Crippen molar-refractivity contribution in [2.45, 2.75) is 25.8 Å². The van der Waals surface area contributed by atoms with Crippen molar-refractivity contribution in [3.05, 3.63) is 0 Å². The number of hydrogen-bond acceptors (Lipinski definition) is 2. The monoisotopic (exact) mass is 113 g/mol. The van der Waals surface area contributed by atoms with E-state index in [0.29, 0.717) is 6.04 Å². The Balaban J connectivity index is 2.22. The highest BCUT2D eigenvalue weighted by molar-refractivity contribution is 4.81. The lowest BCUT2D eigenvalue weighted by Gasteiger charge is -1.96. The minimum absolute atomic E-state index is 0.361. The van der Waals surface area contributed by atoms with Gasteiger partial charge in [0.2, 0.25) is 0 Å². The summed E-state index contributed by atoms with van der Waals surface area (Å²) < 4.78 is 0. The lowest BCUT2D eigenvalue weighted by molar-refractivity contribution is 0.610. The SMILES string of the molecule is C[C@H](N=NN)C1CC1. The third-order valence-corrected chi connectivity index (χ3v) is 1.55. The molecular formula is C5H11N3. The molecule has 46 valence electrons. The normalized spacial score (nSPS) is 24.1. The van der Waals surface area contributed by atoms with Crippen molar-refractivity contribution in [1.82, 2.24) is 0 Å². The maximum atomic E-state index is 4.85. The van der Waals surface area contributed by atoms with Crippen LogP contribution in [0, 0.1) is 5.92 Å². The van der Waals surface area contributed by atoms with Crippen molar-refractivity contribution in [2.75, 3.05) is 0 Å². The molecule has 0 aromatic carbocycles. The van der Waals surface area contributed by atoms with E-state index in [1.54, 1.807) is 0 Å². The molecule has 0 aromatic heterocycles. The van der Waals surface area contributed by atoms with Gasteiger partial charge >= 0.3 is 0 Å². The van der Waals surface area contributed by atoms with Gasteiger partial charge in [-0.2, -0.15) is 5.11 Å². The van der Waals surface area contributed by atoms with Gasteiger partial charge in [-0.3, -0.25) is 0 Å². The summed E-state index contributed by atoms with van der Waals surface area (Å²) in [5.74, 6) is 5.63. The van der Waals surface area contributed by atoms with Gasteiger partial charge in [0, 0.05) is 0 Å². The Morgan fingerprint density at radius 2 is 2.25 bits per heavy atom. The molecule has 1 rings (SSSR count). The van der Waals surface area contributed by atoms with Gasteiger partial charge in [0.1, 0.15) is 0 Å². The second kappa shape index (κ2) is 2.11. The second-order valence-electron chi connectivity index (χ2n) is 2.31. The summed E-state index contributed by atoms with van der Waals surface area (Å²) in [5, 5.41) is 7.01. The molecule has 0 amide bonds. The van der Waals surface area contributed by atoms with Crippen molar-refractivity contribution in [3.8, 4) is 0 Å². The molecule has 1 fully saturated rings. The minimum atomic E-state index is 0.361. The summed E-state index contributed by atoms with van der Waals surface area (Å²) in [5.41, 5.74) is 0. The summed E-state index contributed by atoms with van der Waals surface area (Å²) in [4.78, 5) is 0. The van der Waals surface area contributed by atoms with Gasteiger partial charge in [0.05, 0.1) is 6.04 Å². The molecule has 2 N–H and O–H groups in total. The third-order valence-electron chi connectivity index (χ3n) is 1.55. The molecule has 3 heteroatoms. The highest BCUT2D eigenvalue weighted by Crippen LogP contribution is 2.33. The molecule has 0 radical (unpaired) electrons. The molecule has 1 aliphatic rings. The summed E-state index contributed by atoms with van der Waals surface area (Å²) in [6.07, 6.45) is 2.61. The molecule has 0 unspecified atom stereocenters. The molecule has 0 aliphatic heterocycles. The van der Waals surface area contributed by atoms with E-state index in [9.17, 15) is 0 Å². The summed E-state index contributed by atoms with van der Waals surface area (Å²) in [6.45, 7) is 2.05. The fourth-order valence-electron chi connectivity index (χ4n) is 0.778. The van der Waals surface area contributed by atoms with E-state index >= 15 is 0 Å². The van der Waals surface area contributed by atoms with Crippen LogP contribution in [0.15, 0.2) is 10.3 Å². The second-order valence-corrected chi connectivity index (χ2v) is 2.31. The first-order chi connectivity index (χ1) is 3.84. The topological polar surface area (TPSA) is 50.7 Å². The van der Waals surface area contributed by atoms with Crippen LogP contribution in [0.5, 0.6) is 0 Å². The number of hydrogen-bond donors (Lipinski definition) is 1. The zero-order valence-corrected chi connectivity index (χ0v) is 5.04. The number of nitrogens with zero attached hydrogens (tertiary/aromatic N) is 2. The first-order valence-corrected chi connectivity index (χ1v) is 2.94. The van der Waals surface area contributed by atoms with Gasteiger partial charge in [-0.25, -0.2) is 0 Å². The molecule has 0 heterocycles. The fourth-order valence-corrected chi connectivity index (χ4v) is 0.778. The van der Waals surface area contributed by atoms with Gasteiger partial charge in [-0.05, 0) is 25.7 Å². The van der Waals surface area contributed by atoms with E-state index < -0.39 is 0 Å². The Labute approximate surface area is 48.9 Å². The van der Waals surface area contributed by atoms with E-state index in [2.05, 4.69) is 10.3 Å². The standard InChI is InChI=1S/C5H11N3/c1-4(7-8-6)5-2-3-5/h4-5H,2-3H2,1H3,(H2,6,7)/t4-/m0/s1. The molecule has 0 aromatic rings. The fraction of sp³-hybridized carbons (Fsp3) is 1.00. The number of rotatable bonds is 2. The lowest BCUT2D eigenvalue weighted by Crippen LogP contribution is -1.99. The zero-order chi connectivity index (χ0) is 5.98. The quantitative estimate of drug-likeness (QED) is 0.325. The molecule has 8 heavy (non-hydrogen) atoms. The molecule has 0 saturated heterocycles. The Bertz CT molecular complexity index is 95.8. The van der Waals surface area contributed by atoms with E-state index in [4.69, 9.17) is 5.84 Å². The molecular weight excluding hydrogens is 102 g/mol. The van der Waals surface area contributed by atoms with Gasteiger partial charge in [-0.15, -0.1) is 0 Å². The Hall–Kier alpha value is -0.600. The van der Waals surface area contributed by atoms with Crippen LogP contribution in [-0.4, -0.2) is 6.04 Å². The number of nitrogens with two attached hydrogens (primary N) is 1. The van der Waals surface area contributed by atoms with Crippen molar-refractivity contribution in [2.24, 2.45) is 22.1 Å². The van der Waals surface area contributed by atoms with Gasteiger partial charge in [0.15, 0.2) is 0 Å². The highest BCUT2D eigenvalue weighted by atomic mass is 15.3. The molecule has 0 spiro atoms. The lowest BCUT2D eigenvalue weighted by atomic mass is 10.2. The third kappa shape index (κ3) is 1.18. The molecule has 0 bridgehead atoms. The summed E-state index contributed by atoms with van der Waals surface area (Å²) in [6, 6.07) is 0.361. The van der Waals surface area contributed by atoms with Crippen LogP contribution >= 0.6 is 0 Å². The van der Waals surface area contributed by atoms with Crippen LogP contribution in [0.25, 0.3) is 0 Å². The van der Waals surface area contributed by atoms with Crippen molar-refractivity contribution in [3.63, 3.8) is 0 Å². The van der Waals surface area contributed by atoms with Gasteiger partial charge in [-0.1, -0.05) is 5.22 Å². The van der Waals surface area contributed by atoms with Gasteiger partial charge < -0.3 is 5.84 Å². The summed E-state index contributed by atoms with van der Waals surface area (Å²) >= 11 is 0. The van der Waals surface area contributed by atoms with Crippen LogP contribution < -0.4 is 5.84 Å². The average Bonchev–Trinajstić information content (AvgIpc) is 2.45. The van der Waals surface area contributed by atoms with E-state index in [1.807, 2.05) is 6.92 Å².